The van der Waals surface area contributed by atoms with Crippen molar-refractivity contribution in [3.8, 4) is 0 Å². The van der Waals surface area contributed by atoms with Gasteiger partial charge in [-0.2, -0.15) is 0 Å². The fraction of sp³-hybridized carbons (Fsp3) is 0.533. The minimum atomic E-state index is 0.104. The number of benzene rings is 1. The highest BCUT2D eigenvalue weighted by Gasteiger charge is 2.46. The molecule has 0 radical (unpaired) electrons. The van der Waals surface area contributed by atoms with Crippen LogP contribution < -0.4 is 0 Å². The maximum atomic E-state index is 11.6. The van der Waals surface area contributed by atoms with Crippen molar-refractivity contribution in [3.05, 3.63) is 35.4 Å². The number of rotatable bonds is 5. The van der Waals surface area contributed by atoms with Crippen LogP contribution in [0.4, 0.5) is 0 Å². The first-order valence-electron chi connectivity index (χ1n) is 6.27. The molecule has 0 spiro atoms. The van der Waals surface area contributed by atoms with Crippen molar-refractivity contribution in [2.24, 2.45) is 0 Å². The van der Waals surface area contributed by atoms with Gasteiger partial charge in [-0.25, -0.2) is 0 Å². The zero-order chi connectivity index (χ0) is 12.5. The van der Waals surface area contributed by atoms with Gasteiger partial charge in [-0.05, 0) is 39.2 Å². The van der Waals surface area contributed by atoms with Crippen molar-refractivity contribution in [3.63, 3.8) is 0 Å². The molecule has 0 saturated heterocycles. The zero-order valence-electron chi connectivity index (χ0n) is 10.8. The van der Waals surface area contributed by atoms with Gasteiger partial charge < -0.3 is 4.74 Å². The molecule has 2 heteroatoms. The van der Waals surface area contributed by atoms with Gasteiger partial charge in [0.15, 0.2) is 5.78 Å². The highest BCUT2D eigenvalue weighted by atomic mass is 16.5. The Morgan fingerprint density at radius 3 is 2.53 bits per heavy atom. The number of carbonyl (C=O) groups excluding carboxylic acids is 1. The van der Waals surface area contributed by atoms with Crippen LogP contribution in [0.5, 0.6) is 0 Å². The molecule has 1 aromatic rings. The Balaban J connectivity index is 2.24. The lowest BCUT2D eigenvalue weighted by atomic mass is 9.90. The Hall–Kier alpha value is -1.15. The summed E-state index contributed by atoms with van der Waals surface area (Å²) in [5.41, 5.74) is 2.14. The minimum absolute atomic E-state index is 0.104. The van der Waals surface area contributed by atoms with E-state index in [-0.39, 0.29) is 17.3 Å². The Morgan fingerprint density at radius 2 is 2.00 bits per heavy atom. The molecule has 1 aromatic carbocycles. The first kappa shape index (κ1) is 12.3. The van der Waals surface area contributed by atoms with E-state index in [4.69, 9.17) is 4.74 Å². The highest BCUT2D eigenvalue weighted by molar-refractivity contribution is 5.96. The standard InChI is InChI=1S/C15H20O2/c1-11(2)17-10-15(8-9-15)14-7-5-4-6-13(14)12(3)16/h4-7,11H,8-10H2,1-3H3. The molecule has 0 heterocycles. The second-order valence-corrected chi connectivity index (χ2v) is 5.24. The first-order valence-corrected chi connectivity index (χ1v) is 6.27. The van der Waals surface area contributed by atoms with Gasteiger partial charge in [0.1, 0.15) is 0 Å². The lowest BCUT2D eigenvalue weighted by molar-refractivity contribution is 0.0617. The number of Topliss-reactive ketones (excluding diaryl/α,β-unsaturated/α-hetero) is 1. The average Bonchev–Trinajstić information content (AvgIpc) is 3.07. The molecule has 0 atom stereocenters. The van der Waals surface area contributed by atoms with E-state index in [1.54, 1.807) is 6.92 Å². The molecular formula is C15H20O2. The summed E-state index contributed by atoms with van der Waals surface area (Å²) >= 11 is 0. The largest absolute Gasteiger partial charge is 0.378 e. The normalized spacial score (nSPS) is 17.2. The first-order chi connectivity index (χ1) is 8.05. The van der Waals surface area contributed by atoms with Crippen LogP contribution in [0.15, 0.2) is 24.3 Å². The summed E-state index contributed by atoms with van der Waals surface area (Å²) < 4.78 is 5.75. The van der Waals surface area contributed by atoms with Gasteiger partial charge in [-0.15, -0.1) is 0 Å². The lowest BCUT2D eigenvalue weighted by Crippen LogP contribution is -2.20. The molecule has 0 aliphatic heterocycles. The molecule has 1 aliphatic carbocycles. The third kappa shape index (κ3) is 2.58. The predicted molar refractivity (Wildman–Crippen MR) is 68.4 cm³/mol. The second kappa shape index (κ2) is 4.61. The molecule has 1 fully saturated rings. The molecular weight excluding hydrogens is 212 g/mol. The summed E-state index contributed by atoms with van der Waals surface area (Å²) in [7, 11) is 0. The van der Waals surface area contributed by atoms with E-state index in [9.17, 15) is 4.79 Å². The minimum Gasteiger partial charge on any atom is -0.378 e. The molecule has 1 aliphatic rings. The maximum absolute atomic E-state index is 11.6. The van der Waals surface area contributed by atoms with Crippen molar-refractivity contribution in [1.82, 2.24) is 0 Å². The van der Waals surface area contributed by atoms with Gasteiger partial charge in [0, 0.05) is 11.0 Å². The SMILES string of the molecule is CC(=O)c1ccccc1C1(COC(C)C)CC1. The Morgan fingerprint density at radius 1 is 1.35 bits per heavy atom. The molecule has 2 rings (SSSR count). The Bertz CT molecular complexity index is 417. The van der Waals surface area contributed by atoms with Crippen LogP contribution in [0, 0.1) is 0 Å². The van der Waals surface area contributed by atoms with E-state index in [0.717, 1.165) is 25.0 Å². The topological polar surface area (TPSA) is 26.3 Å². The Labute approximate surface area is 103 Å². The van der Waals surface area contributed by atoms with Crippen molar-refractivity contribution < 1.29 is 9.53 Å². The van der Waals surface area contributed by atoms with E-state index in [2.05, 4.69) is 6.07 Å². The number of ketones is 1. The smallest absolute Gasteiger partial charge is 0.160 e. The van der Waals surface area contributed by atoms with Crippen LogP contribution in [-0.2, 0) is 10.2 Å². The highest BCUT2D eigenvalue weighted by Crippen LogP contribution is 2.49. The summed E-state index contributed by atoms with van der Waals surface area (Å²) in [6.45, 7) is 6.47. The molecule has 0 bridgehead atoms. The molecule has 2 nitrogen and oxygen atoms in total. The summed E-state index contributed by atoms with van der Waals surface area (Å²) in [5, 5.41) is 0. The van der Waals surface area contributed by atoms with Gasteiger partial charge in [0.05, 0.1) is 12.7 Å². The van der Waals surface area contributed by atoms with Crippen LogP contribution in [0.3, 0.4) is 0 Å². The van der Waals surface area contributed by atoms with Gasteiger partial charge in [-0.1, -0.05) is 24.3 Å². The third-order valence-corrected chi connectivity index (χ3v) is 3.42. The van der Waals surface area contributed by atoms with E-state index < -0.39 is 0 Å². The molecule has 1 saturated carbocycles. The summed E-state index contributed by atoms with van der Waals surface area (Å²) in [5.74, 6) is 0.149. The number of ether oxygens (including phenoxy) is 1. The molecule has 0 aromatic heterocycles. The van der Waals surface area contributed by atoms with Gasteiger partial charge in [-0.3, -0.25) is 4.79 Å². The number of hydrogen-bond acceptors (Lipinski definition) is 2. The Kier molecular flexibility index (Phi) is 3.34. The molecule has 0 amide bonds. The third-order valence-electron chi connectivity index (χ3n) is 3.42. The molecule has 0 unspecified atom stereocenters. The number of carbonyl (C=O) groups is 1. The average molecular weight is 232 g/mol. The fourth-order valence-electron chi connectivity index (χ4n) is 2.22. The van der Waals surface area contributed by atoms with E-state index in [1.807, 2.05) is 32.0 Å². The summed E-state index contributed by atoms with van der Waals surface area (Å²) in [6.07, 6.45) is 2.51. The molecule has 0 N–H and O–H groups in total. The summed E-state index contributed by atoms with van der Waals surface area (Å²) in [6, 6.07) is 7.94. The predicted octanol–water partition coefficient (Wildman–Crippen LogP) is 3.35. The zero-order valence-corrected chi connectivity index (χ0v) is 10.8. The van der Waals surface area contributed by atoms with Crippen LogP contribution in [0.1, 0.15) is 49.5 Å². The van der Waals surface area contributed by atoms with Crippen molar-refractivity contribution in [2.75, 3.05) is 6.61 Å². The van der Waals surface area contributed by atoms with Gasteiger partial charge in [0.2, 0.25) is 0 Å². The van der Waals surface area contributed by atoms with E-state index >= 15 is 0 Å². The van der Waals surface area contributed by atoms with Crippen LogP contribution in [0.2, 0.25) is 0 Å². The van der Waals surface area contributed by atoms with E-state index in [0.29, 0.717) is 0 Å². The maximum Gasteiger partial charge on any atom is 0.160 e. The summed E-state index contributed by atoms with van der Waals surface area (Å²) in [4.78, 5) is 11.6. The van der Waals surface area contributed by atoms with Crippen LogP contribution in [-0.4, -0.2) is 18.5 Å². The van der Waals surface area contributed by atoms with Crippen molar-refractivity contribution in [1.29, 1.82) is 0 Å². The van der Waals surface area contributed by atoms with Crippen molar-refractivity contribution in [2.45, 2.75) is 45.1 Å². The van der Waals surface area contributed by atoms with Gasteiger partial charge in [0.25, 0.3) is 0 Å². The number of hydrogen-bond donors (Lipinski definition) is 0. The van der Waals surface area contributed by atoms with Crippen LogP contribution >= 0.6 is 0 Å². The van der Waals surface area contributed by atoms with Gasteiger partial charge >= 0.3 is 0 Å². The lowest BCUT2D eigenvalue weighted by Gasteiger charge is -2.20. The van der Waals surface area contributed by atoms with Crippen LogP contribution in [0.25, 0.3) is 0 Å². The monoisotopic (exact) mass is 232 g/mol. The second-order valence-electron chi connectivity index (χ2n) is 5.24. The fourth-order valence-corrected chi connectivity index (χ4v) is 2.22. The van der Waals surface area contributed by atoms with Crippen molar-refractivity contribution >= 4 is 5.78 Å². The molecule has 92 valence electrons. The molecule has 17 heavy (non-hydrogen) atoms. The van der Waals surface area contributed by atoms with E-state index in [1.165, 1.54) is 5.56 Å². The quantitative estimate of drug-likeness (QED) is 0.728.